The van der Waals surface area contributed by atoms with Crippen LogP contribution in [-0.2, 0) is 6.54 Å². The summed E-state index contributed by atoms with van der Waals surface area (Å²) in [7, 11) is 1.50. The molecule has 0 aliphatic carbocycles. The van der Waals surface area contributed by atoms with E-state index in [1.165, 1.54) is 7.11 Å². The molecule has 3 aliphatic heterocycles. The molecule has 220 valence electrons. The van der Waals surface area contributed by atoms with E-state index in [1.807, 2.05) is 36.4 Å². The minimum absolute atomic E-state index is 0.174. The molecule has 0 saturated carbocycles. The van der Waals surface area contributed by atoms with E-state index in [9.17, 15) is 23.5 Å². The number of rotatable bonds is 6. The number of alkyl halides is 3. The van der Waals surface area contributed by atoms with Gasteiger partial charge in [-0.3, -0.25) is 9.55 Å². The van der Waals surface area contributed by atoms with Crippen molar-refractivity contribution in [2.75, 3.05) is 33.3 Å². The van der Waals surface area contributed by atoms with Crippen molar-refractivity contribution in [1.29, 1.82) is 0 Å². The number of hydrogen-bond donors (Lipinski definition) is 2. The van der Waals surface area contributed by atoms with Gasteiger partial charge in [-0.15, -0.1) is 0 Å². The Morgan fingerprint density at radius 2 is 1.67 bits per heavy atom. The third kappa shape index (κ3) is 5.25. The predicted molar refractivity (Wildman–Crippen MR) is 154 cm³/mol. The number of aliphatic hydroxyl groups excluding tert-OH is 1. The standard InChI is InChI=1S/C32H33F3N4O3/c1-42-26-12-10-23(11-13-26)31-37-30(32(33,34)35)29-19-36-18-28(39(29,31)41)22-8-6-21(7-9-22)27-5-3-2-4-24(27)20-38-16-14-25(40)15-17-38/h2-13,25,28,36,40H,14-20H2,1H3. The summed E-state index contributed by atoms with van der Waals surface area (Å²) in [6.45, 7) is 2.43. The monoisotopic (exact) mass is 578 g/mol. The number of piperazine rings is 1. The van der Waals surface area contributed by atoms with Crippen molar-refractivity contribution < 1.29 is 27.7 Å². The van der Waals surface area contributed by atoms with Crippen molar-refractivity contribution >= 4 is 5.84 Å². The number of ether oxygens (including phenoxy) is 1. The Bertz CT molecular complexity index is 1500. The number of likely N-dealkylation sites (tertiary alicyclic amines) is 1. The highest BCUT2D eigenvalue weighted by Crippen LogP contribution is 2.47. The molecule has 10 heteroatoms. The Kier molecular flexibility index (Phi) is 7.67. The topological polar surface area (TPSA) is 80.2 Å². The fourth-order valence-corrected chi connectivity index (χ4v) is 6.22. The summed E-state index contributed by atoms with van der Waals surface area (Å²) in [6, 6.07) is 21.2. The van der Waals surface area contributed by atoms with E-state index < -0.39 is 22.6 Å². The molecule has 2 N–H and O–H groups in total. The minimum atomic E-state index is -4.76. The van der Waals surface area contributed by atoms with Crippen LogP contribution in [0.15, 0.2) is 89.2 Å². The maximum Gasteiger partial charge on any atom is 0.439 e. The van der Waals surface area contributed by atoms with Gasteiger partial charge in [0.25, 0.3) is 0 Å². The van der Waals surface area contributed by atoms with E-state index in [-0.39, 0.29) is 30.7 Å². The summed E-state index contributed by atoms with van der Waals surface area (Å²) < 4.78 is 46.3. The normalized spacial score (nSPS) is 23.6. The second-order valence-electron chi connectivity index (χ2n) is 11.0. The Hall–Kier alpha value is -3.54. The Labute approximate surface area is 242 Å². The van der Waals surface area contributed by atoms with Crippen LogP contribution in [-0.4, -0.2) is 66.1 Å². The lowest BCUT2D eigenvalue weighted by atomic mass is 9.94. The van der Waals surface area contributed by atoms with Gasteiger partial charge in [-0.25, -0.2) is 0 Å². The van der Waals surface area contributed by atoms with Gasteiger partial charge in [0.2, 0.25) is 11.5 Å². The zero-order valence-corrected chi connectivity index (χ0v) is 23.3. The number of quaternary nitrogens is 1. The maximum atomic E-state index is 14.8. The highest BCUT2D eigenvalue weighted by Gasteiger charge is 2.54. The van der Waals surface area contributed by atoms with Crippen molar-refractivity contribution in [2.45, 2.75) is 37.7 Å². The Balaban J connectivity index is 1.33. The van der Waals surface area contributed by atoms with Crippen molar-refractivity contribution in [3.05, 3.63) is 106 Å². The number of hydroxylamine groups is 3. The smallest absolute Gasteiger partial charge is 0.439 e. The maximum absolute atomic E-state index is 14.8. The fraction of sp³-hybridized carbons (Fsp3) is 0.344. The van der Waals surface area contributed by atoms with Crippen LogP contribution in [0.3, 0.4) is 0 Å². The van der Waals surface area contributed by atoms with Crippen LogP contribution in [0.25, 0.3) is 11.1 Å². The summed E-state index contributed by atoms with van der Waals surface area (Å²) >= 11 is 0. The molecule has 42 heavy (non-hydrogen) atoms. The summed E-state index contributed by atoms with van der Waals surface area (Å²) in [6.07, 6.45) is -3.48. The summed E-state index contributed by atoms with van der Waals surface area (Å²) in [5.41, 5.74) is 2.67. The van der Waals surface area contributed by atoms with Crippen LogP contribution in [0.2, 0.25) is 0 Å². The van der Waals surface area contributed by atoms with Gasteiger partial charge in [0.1, 0.15) is 11.8 Å². The number of aliphatic hydroxyl groups is 1. The molecule has 3 aromatic rings. The number of fused-ring (bicyclic) bond motifs is 1. The van der Waals surface area contributed by atoms with Crippen LogP contribution in [0.5, 0.6) is 5.75 Å². The highest BCUT2D eigenvalue weighted by atomic mass is 19.4. The number of halogens is 3. The minimum Gasteiger partial charge on any atom is -0.620 e. The lowest BCUT2D eigenvalue weighted by molar-refractivity contribution is -0.785. The lowest BCUT2D eigenvalue weighted by Crippen LogP contribution is -2.57. The van der Waals surface area contributed by atoms with Crippen LogP contribution in [0.1, 0.15) is 35.6 Å². The molecule has 0 aromatic heterocycles. The summed E-state index contributed by atoms with van der Waals surface area (Å²) in [5.74, 6) is 0.359. The highest BCUT2D eigenvalue weighted by molar-refractivity contribution is 5.97. The first-order chi connectivity index (χ1) is 20.2. The molecule has 0 bridgehead atoms. The first-order valence-corrected chi connectivity index (χ1v) is 14.1. The van der Waals surface area contributed by atoms with Crippen LogP contribution in [0.4, 0.5) is 13.2 Å². The molecule has 2 unspecified atom stereocenters. The third-order valence-electron chi connectivity index (χ3n) is 8.47. The fourth-order valence-electron chi connectivity index (χ4n) is 6.22. The molecule has 2 atom stereocenters. The first-order valence-electron chi connectivity index (χ1n) is 14.1. The van der Waals surface area contributed by atoms with Crippen LogP contribution in [0, 0.1) is 5.21 Å². The van der Waals surface area contributed by atoms with E-state index in [1.54, 1.807) is 24.3 Å². The van der Waals surface area contributed by atoms with Crippen molar-refractivity contribution in [2.24, 2.45) is 4.99 Å². The largest absolute Gasteiger partial charge is 0.620 e. The number of allylic oxidation sites excluding steroid dienone is 1. The molecule has 7 nitrogen and oxygen atoms in total. The second kappa shape index (κ2) is 11.3. The average molecular weight is 579 g/mol. The SMILES string of the molecule is COc1ccc(C2=NC(C(F)(F)F)=C3CNCC(c4ccc(-c5ccccc5CN5CCC(O)CC5)cc4)[N+]23[O-])cc1. The molecule has 0 radical (unpaired) electrons. The van der Waals surface area contributed by atoms with E-state index >= 15 is 0 Å². The molecule has 3 aliphatic rings. The van der Waals surface area contributed by atoms with E-state index in [0.29, 0.717) is 16.9 Å². The molecule has 3 aromatic carbocycles. The molecule has 0 amide bonds. The average Bonchev–Trinajstić information content (AvgIpc) is 3.32. The second-order valence-corrected chi connectivity index (χ2v) is 11.0. The first kappa shape index (κ1) is 28.6. The number of nitrogens with zero attached hydrogens (tertiary/aromatic N) is 3. The van der Waals surface area contributed by atoms with Crippen molar-refractivity contribution in [3.8, 4) is 16.9 Å². The van der Waals surface area contributed by atoms with Crippen molar-refractivity contribution in [1.82, 2.24) is 10.2 Å². The number of benzene rings is 3. The zero-order valence-electron chi connectivity index (χ0n) is 23.3. The van der Waals surface area contributed by atoms with Gasteiger partial charge in [0, 0.05) is 25.2 Å². The van der Waals surface area contributed by atoms with E-state index in [2.05, 4.69) is 27.3 Å². The van der Waals surface area contributed by atoms with Crippen LogP contribution >= 0.6 is 0 Å². The van der Waals surface area contributed by atoms with Gasteiger partial charge in [-0.2, -0.15) is 18.2 Å². The molecule has 6 rings (SSSR count). The van der Waals surface area contributed by atoms with Gasteiger partial charge >= 0.3 is 6.18 Å². The molecule has 2 saturated heterocycles. The number of piperidine rings is 1. The molecular weight excluding hydrogens is 545 g/mol. The van der Waals surface area contributed by atoms with Gasteiger partial charge in [-0.1, -0.05) is 48.5 Å². The van der Waals surface area contributed by atoms with Gasteiger partial charge in [0.05, 0.1) is 31.9 Å². The number of hydrogen-bond acceptors (Lipinski definition) is 6. The van der Waals surface area contributed by atoms with E-state index in [0.717, 1.165) is 49.2 Å². The predicted octanol–water partition coefficient (Wildman–Crippen LogP) is 5.51. The number of amidine groups is 1. The number of aliphatic imine (C=N–C) groups is 1. The zero-order chi connectivity index (χ0) is 29.5. The molecule has 0 spiro atoms. The van der Waals surface area contributed by atoms with Crippen LogP contribution < -0.4 is 10.1 Å². The van der Waals surface area contributed by atoms with Crippen molar-refractivity contribution in [3.63, 3.8) is 0 Å². The number of nitrogens with one attached hydrogen (secondary N) is 1. The summed E-state index contributed by atoms with van der Waals surface area (Å²) in [5, 5.41) is 27.7. The third-order valence-corrected chi connectivity index (χ3v) is 8.47. The van der Waals surface area contributed by atoms with Gasteiger partial charge in [-0.05, 0) is 53.8 Å². The number of methoxy groups -OCH3 is 1. The molecule has 2 fully saturated rings. The molecule has 3 heterocycles. The quantitative estimate of drug-likeness (QED) is 0.298. The Morgan fingerprint density at radius 3 is 2.33 bits per heavy atom. The van der Waals surface area contributed by atoms with Gasteiger partial charge in [0.15, 0.2) is 5.70 Å². The lowest BCUT2D eigenvalue weighted by Gasteiger charge is -2.49. The summed E-state index contributed by atoms with van der Waals surface area (Å²) in [4.78, 5) is 6.28. The molecular formula is C32H33F3N4O3. The Morgan fingerprint density at radius 1 is 1.00 bits per heavy atom. The van der Waals surface area contributed by atoms with E-state index in [4.69, 9.17) is 4.74 Å². The van der Waals surface area contributed by atoms with Gasteiger partial charge < -0.3 is 20.4 Å².